The number of nitrogens with two attached hydrogens (primary N) is 1. The number of carbonyl (C=O) groups excluding carboxylic acids is 2. The van der Waals surface area contributed by atoms with Gasteiger partial charge in [-0.25, -0.2) is 0 Å². The van der Waals surface area contributed by atoms with Crippen molar-refractivity contribution in [3.63, 3.8) is 0 Å². The Morgan fingerprint density at radius 1 is 1.43 bits per heavy atom. The van der Waals surface area contributed by atoms with Gasteiger partial charge in [0.05, 0.1) is 7.11 Å². The molecule has 0 heterocycles. The van der Waals surface area contributed by atoms with Gasteiger partial charge in [-0.15, -0.1) is 0 Å². The zero-order chi connectivity index (χ0) is 11.2. The summed E-state index contributed by atoms with van der Waals surface area (Å²) in [5.74, 6) is -0.640. The largest absolute Gasteiger partial charge is 0.468 e. The molecule has 82 valence electrons. The van der Waals surface area contributed by atoms with Gasteiger partial charge in [-0.05, 0) is 20.3 Å². The summed E-state index contributed by atoms with van der Waals surface area (Å²) in [6, 6.07) is 0. The molecular weight excluding hydrogens is 184 g/mol. The zero-order valence-corrected chi connectivity index (χ0v) is 8.92. The van der Waals surface area contributed by atoms with E-state index in [9.17, 15) is 9.59 Å². The smallest absolute Gasteiger partial charge is 0.325 e. The van der Waals surface area contributed by atoms with Crippen molar-refractivity contribution >= 4 is 11.9 Å². The van der Waals surface area contributed by atoms with Crippen molar-refractivity contribution in [3.05, 3.63) is 0 Å². The molecule has 0 saturated heterocycles. The van der Waals surface area contributed by atoms with Crippen LogP contribution >= 0.6 is 0 Å². The molecule has 0 aromatic carbocycles. The van der Waals surface area contributed by atoms with Crippen LogP contribution in [0.1, 0.15) is 26.7 Å². The Hall–Kier alpha value is -1.10. The molecule has 0 unspecified atom stereocenters. The van der Waals surface area contributed by atoms with Gasteiger partial charge in [0, 0.05) is 12.0 Å². The van der Waals surface area contributed by atoms with Gasteiger partial charge in [-0.3, -0.25) is 9.59 Å². The van der Waals surface area contributed by atoms with Gasteiger partial charge in [0.15, 0.2) is 0 Å². The van der Waals surface area contributed by atoms with Crippen LogP contribution in [0.25, 0.3) is 0 Å². The van der Waals surface area contributed by atoms with Crippen molar-refractivity contribution in [2.45, 2.75) is 32.2 Å². The maximum absolute atomic E-state index is 11.1. The number of hydrogen-bond donors (Lipinski definition) is 2. The molecule has 14 heavy (non-hydrogen) atoms. The third-order valence-corrected chi connectivity index (χ3v) is 1.65. The predicted octanol–water partition coefficient (Wildman–Crippen LogP) is -0.207. The van der Waals surface area contributed by atoms with Gasteiger partial charge in [0.1, 0.15) is 6.54 Å². The van der Waals surface area contributed by atoms with E-state index in [0.29, 0.717) is 12.8 Å². The van der Waals surface area contributed by atoms with Crippen LogP contribution in [-0.4, -0.2) is 31.1 Å². The fourth-order valence-corrected chi connectivity index (χ4v) is 0.767. The molecule has 0 aliphatic carbocycles. The second-order valence-corrected chi connectivity index (χ2v) is 3.84. The summed E-state index contributed by atoms with van der Waals surface area (Å²) in [5, 5.41) is 2.44. The molecule has 1 amide bonds. The first-order valence-electron chi connectivity index (χ1n) is 4.47. The maximum Gasteiger partial charge on any atom is 0.325 e. The molecule has 0 aromatic rings. The average Bonchev–Trinajstić information content (AvgIpc) is 2.09. The van der Waals surface area contributed by atoms with Crippen molar-refractivity contribution < 1.29 is 14.3 Å². The molecule has 0 rings (SSSR count). The van der Waals surface area contributed by atoms with Crippen molar-refractivity contribution in [1.29, 1.82) is 0 Å². The standard InChI is InChI=1S/C9H18N2O3/c1-9(2,10)5-4-7(12)11-6-8(13)14-3/h4-6,10H2,1-3H3,(H,11,12). The van der Waals surface area contributed by atoms with Crippen LogP contribution in [0.5, 0.6) is 0 Å². The number of nitrogens with one attached hydrogen (secondary N) is 1. The van der Waals surface area contributed by atoms with E-state index in [1.807, 2.05) is 13.8 Å². The lowest BCUT2D eigenvalue weighted by Gasteiger charge is -2.17. The third-order valence-electron chi connectivity index (χ3n) is 1.65. The minimum atomic E-state index is -0.453. The van der Waals surface area contributed by atoms with E-state index in [0.717, 1.165) is 0 Å². The second-order valence-electron chi connectivity index (χ2n) is 3.84. The van der Waals surface area contributed by atoms with Crippen LogP contribution in [0.15, 0.2) is 0 Å². The van der Waals surface area contributed by atoms with Gasteiger partial charge < -0.3 is 15.8 Å². The molecule has 3 N–H and O–H groups in total. The Balaban J connectivity index is 3.62. The van der Waals surface area contributed by atoms with Crippen molar-refractivity contribution in [2.75, 3.05) is 13.7 Å². The highest BCUT2D eigenvalue weighted by Gasteiger charge is 2.13. The summed E-state index contributed by atoms with van der Waals surface area (Å²) in [5.41, 5.74) is 5.34. The SMILES string of the molecule is COC(=O)CNC(=O)CCC(C)(C)N. The van der Waals surface area contributed by atoms with Gasteiger partial charge in [0.2, 0.25) is 5.91 Å². The van der Waals surface area contributed by atoms with E-state index in [2.05, 4.69) is 10.1 Å². The molecule has 0 atom stereocenters. The summed E-state index contributed by atoms with van der Waals surface area (Å²) in [7, 11) is 1.28. The van der Waals surface area contributed by atoms with Crippen LogP contribution in [0.3, 0.4) is 0 Å². The van der Waals surface area contributed by atoms with E-state index in [1.54, 1.807) is 0 Å². The first-order valence-corrected chi connectivity index (χ1v) is 4.47. The van der Waals surface area contributed by atoms with Crippen molar-refractivity contribution in [2.24, 2.45) is 5.73 Å². The highest BCUT2D eigenvalue weighted by molar-refractivity contribution is 5.81. The summed E-state index contributed by atoms with van der Waals surface area (Å²) in [4.78, 5) is 21.8. The number of carbonyl (C=O) groups is 2. The predicted molar refractivity (Wildman–Crippen MR) is 52.5 cm³/mol. The monoisotopic (exact) mass is 202 g/mol. The fraction of sp³-hybridized carbons (Fsp3) is 0.778. The Kier molecular flexibility index (Phi) is 5.15. The number of rotatable bonds is 5. The van der Waals surface area contributed by atoms with Gasteiger partial charge in [0.25, 0.3) is 0 Å². The third kappa shape index (κ3) is 7.54. The van der Waals surface area contributed by atoms with E-state index in [1.165, 1.54) is 7.11 Å². The molecule has 0 aromatic heterocycles. The van der Waals surface area contributed by atoms with Crippen LogP contribution in [-0.2, 0) is 14.3 Å². The molecule has 0 aliphatic heterocycles. The number of ether oxygens (including phenoxy) is 1. The lowest BCUT2D eigenvalue weighted by molar-refractivity contribution is -0.141. The Labute approximate surface area is 84.0 Å². The summed E-state index contributed by atoms with van der Waals surface area (Å²) >= 11 is 0. The highest BCUT2D eigenvalue weighted by Crippen LogP contribution is 2.06. The Morgan fingerprint density at radius 3 is 2.43 bits per heavy atom. The van der Waals surface area contributed by atoms with Crippen LogP contribution in [0.2, 0.25) is 0 Å². The highest BCUT2D eigenvalue weighted by atomic mass is 16.5. The quantitative estimate of drug-likeness (QED) is 0.604. The van der Waals surface area contributed by atoms with Gasteiger partial charge >= 0.3 is 5.97 Å². The minimum Gasteiger partial charge on any atom is -0.468 e. The average molecular weight is 202 g/mol. The molecule has 5 nitrogen and oxygen atoms in total. The topological polar surface area (TPSA) is 81.4 Å². The molecule has 5 heteroatoms. The first-order chi connectivity index (χ1) is 6.35. The second kappa shape index (κ2) is 5.59. The number of amides is 1. The van der Waals surface area contributed by atoms with Crippen LogP contribution in [0.4, 0.5) is 0 Å². The molecule has 0 fully saturated rings. The zero-order valence-electron chi connectivity index (χ0n) is 8.92. The van der Waals surface area contributed by atoms with Crippen LogP contribution in [0, 0.1) is 0 Å². The summed E-state index contributed by atoms with van der Waals surface area (Å²) < 4.78 is 4.37. The van der Waals surface area contributed by atoms with Gasteiger partial charge in [-0.2, -0.15) is 0 Å². The normalized spacial score (nSPS) is 10.9. The lowest BCUT2D eigenvalue weighted by Crippen LogP contribution is -2.35. The molecule has 0 bridgehead atoms. The number of methoxy groups -OCH3 is 1. The molecule has 0 saturated carbocycles. The van der Waals surface area contributed by atoms with E-state index in [4.69, 9.17) is 5.73 Å². The Morgan fingerprint density at radius 2 is 2.00 bits per heavy atom. The van der Waals surface area contributed by atoms with Crippen LogP contribution < -0.4 is 11.1 Å². The summed E-state index contributed by atoms with van der Waals surface area (Å²) in [6.45, 7) is 3.61. The van der Waals surface area contributed by atoms with E-state index < -0.39 is 5.97 Å². The molecular formula is C9H18N2O3. The van der Waals surface area contributed by atoms with Crippen molar-refractivity contribution in [1.82, 2.24) is 5.32 Å². The Bertz CT molecular complexity index is 209. The number of hydrogen-bond acceptors (Lipinski definition) is 4. The van der Waals surface area contributed by atoms with Gasteiger partial charge in [-0.1, -0.05) is 0 Å². The van der Waals surface area contributed by atoms with E-state index in [-0.39, 0.29) is 18.0 Å². The molecule has 0 aliphatic rings. The first kappa shape index (κ1) is 12.9. The molecule has 0 radical (unpaired) electrons. The summed E-state index contributed by atoms with van der Waals surface area (Å²) in [6.07, 6.45) is 0.903. The van der Waals surface area contributed by atoms with Crippen molar-refractivity contribution in [3.8, 4) is 0 Å². The maximum atomic E-state index is 11.1. The molecule has 0 spiro atoms. The fourth-order valence-electron chi connectivity index (χ4n) is 0.767. The number of esters is 1. The van der Waals surface area contributed by atoms with E-state index >= 15 is 0 Å². The minimum absolute atomic E-state index is 0.0830. The lowest BCUT2D eigenvalue weighted by atomic mass is 10.00.